The molecule has 0 saturated carbocycles. The molecule has 1 atom stereocenters. The van der Waals surface area contributed by atoms with Crippen LogP contribution in [0.4, 0.5) is 0 Å². The van der Waals surface area contributed by atoms with Gasteiger partial charge < -0.3 is 24.2 Å². The summed E-state index contributed by atoms with van der Waals surface area (Å²) in [5.41, 5.74) is 1.24. The third-order valence-electron chi connectivity index (χ3n) is 6.61. The van der Waals surface area contributed by atoms with Gasteiger partial charge in [-0.05, 0) is 24.1 Å². The van der Waals surface area contributed by atoms with Crippen molar-refractivity contribution >= 4 is 17.4 Å². The number of aliphatic hydroxyl groups excluding tert-OH is 1. The maximum absolute atomic E-state index is 13.3. The lowest BCUT2D eigenvalue weighted by Gasteiger charge is -2.31. The highest BCUT2D eigenvalue weighted by atomic mass is 16.5. The molecule has 4 rings (SSSR count). The first-order chi connectivity index (χ1) is 17.5. The van der Waals surface area contributed by atoms with Gasteiger partial charge in [0.15, 0.2) is 11.5 Å². The second-order valence-corrected chi connectivity index (χ2v) is 8.92. The lowest BCUT2D eigenvalue weighted by Crippen LogP contribution is -2.42. The third-order valence-corrected chi connectivity index (χ3v) is 6.61. The minimum atomic E-state index is -0.746. The lowest BCUT2D eigenvalue weighted by atomic mass is 9.95. The van der Waals surface area contributed by atoms with E-state index < -0.39 is 17.7 Å². The molecule has 192 valence electrons. The van der Waals surface area contributed by atoms with Crippen LogP contribution in [-0.4, -0.2) is 79.7 Å². The Morgan fingerprint density at radius 3 is 2.50 bits per heavy atom. The van der Waals surface area contributed by atoms with Crippen molar-refractivity contribution in [3.05, 3.63) is 65.2 Å². The highest BCUT2D eigenvalue weighted by molar-refractivity contribution is 6.46. The van der Waals surface area contributed by atoms with Crippen molar-refractivity contribution in [2.24, 2.45) is 0 Å². The molecule has 1 unspecified atom stereocenters. The molecule has 2 aliphatic rings. The number of carbonyl (C=O) groups is 2. The number of ketones is 1. The summed E-state index contributed by atoms with van der Waals surface area (Å²) in [7, 11) is 1.56. The van der Waals surface area contributed by atoms with Crippen LogP contribution in [0.2, 0.25) is 0 Å². The van der Waals surface area contributed by atoms with Gasteiger partial charge >= 0.3 is 0 Å². The van der Waals surface area contributed by atoms with Crippen LogP contribution in [0.1, 0.15) is 36.9 Å². The molecular weight excluding hydrogens is 460 g/mol. The molecule has 2 aromatic carbocycles. The Balaban J connectivity index is 1.72. The summed E-state index contributed by atoms with van der Waals surface area (Å²) in [4.78, 5) is 30.3. The molecule has 8 heteroatoms. The Hall–Kier alpha value is -3.36. The number of methoxy groups -OCH3 is 1. The van der Waals surface area contributed by atoms with Gasteiger partial charge in [-0.3, -0.25) is 14.5 Å². The molecule has 1 N–H and O–H groups in total. The van der Waals surface area contributed by atoms with Crippen molar-refractivity contribution < 1.29 is 28.9 Å². The van der Waals surface area contributed by atoms with Crippen molar-refractivity contribution in [2.75, 3.05) is 53.1 Å². The summed E-state index contributed by atoms with van der Waals surface area (Å²) in [6.45, 7) is 6.45. The quantitative estimate of drug-likeness (QED) is 0.234. The Kier molecular flexibility index (Phi) is 8.61. The van der Waals surface area contributed by atoms with E-state index in [0.29, 0.717) is 55.5 Å². The topological polar surface area (TPSA) is 88.5 Å². The summed E-state index contributed by atoms with van der Waals surface area (Å²) < 4.78 is 16.9. The van der Waals surface area contributed by atoms with Crippen molar-refractivity contribution in [3.63, 3.8) is 0 Å². The molecule has 2 heterocycles. The normalized spacial score (nSPS) is 20.1. The number of likely N-dealkylation sites (tertiary alicyclic amines) is 1. The Morgan fingerprint density at radius 1 is 1.06 bits per heavy atom. The van der Waals surface area contributed by atoms with Crippen LogP contribution >= 0.6 is 0 Å². The maximum Gasteiger partial charge on any atom is 0.295 e. The molecule has 0 spiro atoms. The summed E-state index contributed by atoms with van der Waals surface area (Å²) in [5.74, 6) is -0.376. The number of rotatable bonds is 10. The van der Waals surface area contributed by atoms with Crippen molar-refractivity contribution in [2.45, 2.75) is 25.8 Å². The fraction of sp³-hybridized carbons (Fsp3) is 0.429. The van der Waals surface area contributed by atoms with E-state index in [1.165, 1.54) is 0 Å². The monoisotopic (exact) mass is 494 g/mol. The van der Waals surface area contributed by atoms with Gasteiger partial charge in [0, 0.05) is 31.7 Å². The number of carbonyl (C=O) groups excluding carboxylic acids is 2. The number of morpholine rings is 1. The molecule has 2 saturated heterocycles. The fourth-order valence-corrected chi connectivity index (χ4v) is 4.58. The van der Waals surface area contributed by atoms with Gasteiger partial charge in [-0.1, -0.05) is 49.7 Å². The molecule has 0 aliphatic carbocycles. The third kappa shape index (κ3) is 5.55. The number of benzene rings is 2. The SMILES string of the molecule is CCCCOc1ccc(C2/C(=C(\O)c3ccccc3)C(=O)C(=O)N2CCN2CCOCC2)cc1OC. The van der Waals surface area contributed by atoms with E-state index in [-0.39, 0.29) is 11.3 Å². The first-order valence-electron chi connectivity index (χ1n) is 12.5. The zero-order valence-corrected chi connectivity index (χ0v) is 20.9. The van der Waals surface area contributed by atoms with Gasteiger partial charge in [0.2, 0.25) is 0 Å². The van der Waals surface area contributed by atoms with Gasteiger partial charge in [0.25, 0.3) is 11.7 Å². The minimum absolute atomic E-state index is 0.0786. The first kappa shape index (κ1) is 25.7. The predicted octanol–water partition coefficient (Wildman–Crippen LogP) is 3.63. The van der Waals surface area contributed by atoms with Crippen LogP contribution in [-0.2, 0) is 14.3 Å². The number of ether oxygens (including phenoxy) is 3. The number of Topliss-reactive ketones (excluding diaryl/α,β-unsaturated/α-hetero) is 1. The summed E-state index contributed by atoms with van der Waals surface area (Å²) in [6.07, 6.45) is 1.93. The average Bonchev–Trinajstić information content (AvgIpc) is 3.17. The van der Waals surface area contributed by atoms with E-state index in [2.05, 4.69) is 11.8 Å². The zero-order chi connectivity index (χ0) is 25.5. The van der Waals surface area contributed by atoms with E-state index in [4.69, 9.17) is 14.2 Å². The van der Waals surface area contributed by atoms with Crippen molar-refractivity contribution in [1.82, 2.24) is 9.80 Å². The summed E-state index contributed by atoms with van der Waals surface area (Å²) >= 11 is 0. The second kappa shape index (κ2) is 12.1. The van der Waals surface area contributed by atoms with Crippen LogP contribution in [0.3, 0.4) is 0 Å². The smallest absolute Gasteiger partial charge is 0.295 e. The fourth-order valence-electron chi connectivity index (χ4n) is 4.58. The van der Waals surface area contributed by atoms with E-state index in [1.54, 1.807) is 48.4 Å². The van der Waals surface area contributed by atoms with E-state index >= 15 is 0 Å². The molecule has 8 nitrogen and oxygen atoms in total. The molecule has 0 bridgehead atoms. The van der Waals surface area contributed by atoms with Gasteiger partial charge in [0.05, 0.1) is 38.5 Å². The lowest BCUT2D eigenvalue weighted by molar-refractivity contribution is -0.140. The van der Waals surface area contributed by atoms with Crippen LogP contribution in [0.5, 0.6) is 11.5 Å². The number of hydrogen-bond acceptors (Lipinski definition) is 7. The second-order valence-electron chi connectivity index (χ2n) is 8.92. The largest absolute Gasteiger partial charge is 0.507 e. The number of nitrogens with zero attached hydrogens (tertiary/aromatic N) is 2. The van der Waals surface area contributed by atoms with Crippen molar-refractivity contribution in [1.29, 1.82) is 0 Å². The van der Waals surface area contributed by atoms with Gasteiger partial charge in [-0.2, -0.15) is 0 Å². The van der Waals surface area contributed by atoms with Crippen LogP contribution in [0.25, 0.3) is 5.76 Å². The molecule has 2 aliphatic heterocycles. The highest BCUT2D eigenvalue weighted by Crippen LogP contribution is 2.42. The Labute approximate surface area is 212 Å². The number of aliphatic hydroxyl groups is 1. The Bertz CT molecular complexity index is 1090. The van der Waals surface area contributed by atoms with Crippen LogP contribution in [0, 0.1) is 0 Å². The molecule has 2 aromatic rings. The highest BCUT2D eigenvalue weighted by Gasteiger charge is 2.46. The standard InChI is InChI=1S/C28H34N2O6/c1-3-4-16-36-22-11-10-21(19-23(22)34-2)25-24(26(31)20-8-6-5-7-9-20)27(32)28(33)30(25)13-12-29-14-17-35-18-15-29/h5-11,19,25,31H,3-4,12-18H2,1-2H3/b26-24+. The molecule has 36 heavy (non-hydrogen) atoms. The summed E-state index contributed by atoms with van der Waals surface area (Å²) in [6, 6.07) is 13.5. The maximum atomic E-state index is 13.3. The van der Waals surface area contributed by atoms with Crippen LogP contribution in [0.15, 0.2) is 54.1 Å². The Morgan fingerprint density at radius 2 is 1.81 bits per heavy atom. The first-order valence-corrected chi connectivity index (χ1v) is 12.5. The molecular formula is C28H34N2O6. The van der Waals surface area contributed by atoms with Crippen molar-refractivity contribution in [3.8, 4) is 11.5 Å². The van der Waals surface area contributed by atoms with E-state index in [1.807, 2.05) is 12.1 Å². The molecule has 2 fully saturated rings. The molecule has 1 amide bonds. The minimum Gasteiger partial charge on any atom is -0.507 e. The zero-order valence-electron chi connectivity index (χ0n) is 20.9. The van der Waals surface area contributed by atoms with Gasteiger partial charge in [-0.15, -0.1) is 0 Å². The summed E-state index contributed by atoms with van der Waals surface area (Å²) in [5, 5.41) is 11.2. The average molecular weight is 495 g/mol. The number of amides is 1. The van der Waals surface area contributed by atoms with E-state index in [0.717, 1.165) is 25.9 Å². The van der Waals surface area contributed by atoms with Gasteiger partial charge in [-0.25, -0.2) is 0 Å². The molecule has 0 radical (unpaired) electrons. The molecule has 0 aromatic heterocycles. The number of unbranched alkanes of at least 4 members (excludes halogenated alkanes) is 1. The number of hydrogen-bond donors (Lipinski definition) is 1. The predicted molar refractivity (Wildman–Crippen MR) is 136 cm³/mol. The van der Waals surface area contributed by atoms with Gasteiger partial charge in [0.1, 0.15) is 5.76 Å². The van der Waals surface area contributed by atoms with Crippen LogP contribution < -0.4 is 9.47 Å². The van der Waals surface area contributed by atoms with E-state index in [9.17, 15) is 14.7 Å².